The van der Waals surface area contributed by atoms with E-state index in [1.807, 2.05) is 0 Å². The van der Waals surface area contributed by atoms with Crippen LogP contribution in [-0.4, -0.2) is 36.2 Å². The van der Waals surface area contributed by atoms with E-state index in [1.165, 1.54) is 4.90 Å². The number of primary amides is 1. The van der Waals surface area contributed by atoms with Crippen LogP contribution in [0.1, 0.15) is 0 Å². The van der Waals surface area contributed by atoms with E-state index in [0.717, 1.165) is 0 Å². The van der Waals surface area contributed by atoms with Gasteiger partial charge in [-0.2, -0.15) is 0 Å². The first-order valence-electron chi connectivity index (χ1n) is 5.14. The number of nitrogens with two attached hydrogens (primary N) is 1. The molecule has 2 amide bonds. The van der Waals surface area contributed by atoms with Gasteiger partial charge < -0.3 is 20.5 Å². The Hall–Kier alpha value is -1.60. The van der Waals surface area contributed by atoms with E-state index in [4.69, 9.17) is 15.6 Å². The van der Waals surface area contributed by atoms with Crippen LogP contribution >= 0.6 is 15.9 Å². The number of hydrogen-bond donors (Lipinski definition) is 2. The molecule has 0 bridgehead atoms. The summed E-state index contributed by atoms with van der Waals surface area (Å²) in [5, 5.41) is 8.97. The molecule has 0 spiro atoms. The first-order valence-corrected chi connectivity index (χ1v) is 5.93. The Morgan fingerprint density at radius 1 is 1.67 bits per heavy atom. The molecule has 1 radical (unpaired) electrons. The molecule has 6 nitrogen and oxygen atoms in total. The minimum Gasteiger partial charge on any atom is -0.468 e. The van der Waals surface area contributed by atoms with Crippen LogP contribution in [0.25, 0.3) is 0 Å². The summed E-state index contributed by atoms with van der Waals surface area (Å²) in [6.07, 6.45) is -1.36. The third kappa shape index (κ3) is 2.19. The topological polar surface area (TPSA) is 92.9 Å². The van der Waals surface area contributed by atoms with Crippen LogP contribution in [0, 0.1) is 6.07 Å². The van der Waals surface area contributed by atoms with Crippen molar-refractivity contribution in [2.45, 2.75) is 6.10 Å². The van der Waals surface area contributed by atoms with E-state index < -0.39 is 17.9 Å². The van der Waals surface area contributed by atoms with Crippen molar-refractivity contribution in [3.05, 3.63) is 22.7 Å². The van der Waals surface area contributed by atoms with Crippen LogP contribution in [0.3, 0.4) is 0 Å². The summed E-state index contributed by atoms with van der Waals surface area (Å²) in [5.41, 5.74) is 5.57. The Morgan fingerprint density at radius 2 is 2.39 bits per heavy atom. The van der Waals surface area contributed by atoms with Crippen LogP contribution in [0.4, 0.5) is 5.69 Å². The molecule has 1 unspecified atom stereocenters. The molecule has 0 aromatic heterocycles. The van der Waals surface area contributed by atoms with Crippen molar-refractivity contribution in [2.24, 2.45) is 5.73 Å². The molecule has 0 fully saturated rings. The molecule has 0 aliphatic carbocycles. The predicted molar refractivity (Wildman–Crippen MR) is 66.0 cm³/mol. The van der Waals surface area contributed by atoms with Gasteiger partial charge in [0.05, 0.1) is 12.3 Å². The number of halogens is 1. The van der Waals surface area contributed by atoms with Gasteiger partial charge in [0.15, 0.2) is 0 Å². The Labute approximate surface area is 111 Å². The van der Waals surface area contributed by atoms with Gasteiger partial charge >= 0.3 is 0 Å². The molecule has 1 aromatic carbocycles. The zero-order valence-corrected chi connectivity index (χ0v) is 10.8. The number of amides is 2. The highest BCUT2D eigenvalue weighted by atomic mass is 79.9. The normalized spacial score (nSPS) is 18.2. The Balaban J connectivity index is 2.46. The monoisotopic (exact) mass is 313 g/mol. The maximum atomic E-state index is 12.0. The van der Waals surface area contributed by atoms with E-state index in [1.54, 1.807) is 12.1 Å². The number of aliphatic hydroxyl groups excluding tert-OH is 1. The maximum absolute atomic E-state index is 12.0. The van der Waals surface area contributed by atoms with Gasteiger partial charge in [-0.25, -0.2) is 0 Å². The molecule has 0 saturated carbocycles. The molecule has 18 heavy (non-hydrogen) atoms. The average molecular weight is 314 g/mol. The number of nitrogens with zero attached hydrogens (tertiary/aromatic N) is 1. The van der Waals surface area contributed by atoms with E-state index in [-0.39, 0.29) is 13.2 Å². The molecule has 7 heteroatoms. The lowest BCUT2D eigenvalue weighted by molar-refractivity contribution is -0.136. The fourth-order valence-corrected chi connectivity index (χ4v) is 2.01. The minimum atomic E-state index is -1.36. The fourth-order valence-electron chi connectivity index (χ4n) is 1.69. The SMILES string of the molecule is NC(=O)C1Oc2cc(Br)[c]cc2N(CCO)C1=O. The van der Waals surface area contributed by atoms with Gasteiger partial charge in [0.2, 0.25) is 0 Å². The van der Waals surface area contributed by atoms with Gasteiger partial charge in [0, 0.05) is 11.0 Å². The number of fused-ring (bicyclic) bond motifs is 1. The van der Waals surface area contributed by atoms with Crippen LogP contribution in [0.2, 0.25) is 0 Å². The number of hydrogen-bond acceptors (Lipinski definition) is 4. The smallest absolute Gasteiger partial charge is 0.278 e. The van der Waals surface area contributed by atoms with Gasteiger partial charge in [0.25, 0.3) is 17.9 Å². The molecule has 1 aliphatic heterocycles. The number of aliphatic hydroxyl groups is 1. The average Bonchev–Trinajstić information content (AvgIpc) is 2.32. The summed E-state index contributed by atoms with van der Waals surface area (Å²) in [6.45, 7) is -0.166. The van der Waals surface area contributed by atoms with E-state index >= 15 is 0 Å². The Morgan fingerprint density at radius 3 is 3.00 bits per heavy atom. The van der Waals surface area contributed by atoms with E-state index in [9.17, 15) is 9.59 Å². The molecule has 1 atom stereocenters. The highest BCUT2D eigenvalue weighted by molar-refractivity contribution is 9.10. The van der Waals surface area contributed by atoms with Gasteiger partial charge in [-0.1, -0.05) is 15.9 Å². The number of ether oxygens (including phenoxy) is 1. The number of carbonyl (C=O) groups is 2. The van der Waals surface area contributed by atoms with Crippen LogP contribution < -0.4 is 15.4 Å². The van der Waals surface area contributed by atoms with Crippen molar-refractivity contribution >= 4 is 33.4 Å². The minimum absolute atomic E-state index is 0.0639. The second-order valence-electron chi connectivity index (χ2n) is 3.64. The molecular weight excluding hydrogens is 304 g/mol. The number of anilines is 1. The van der Waals surface area contributed by atoms with Crippen molar-refractivity contribution in [3.63, 3.8) is 0 Å². The summed E-state index contributed by atoms with van der Waals surface area (Å²) in [5.74, 6) is -1.10. The number of rotatable bonds is 3. The van der Waals surface area contributed by atoms with E-state index in [2.05, 4.69) is 22.0 Å². The van der Waals surface area contributed by atoms with Crippen LogP contribution in [0.15, 0.2) is 16.6 Å². The third-order valence-electron chi connectivity index (χ3n) is 2.47. The lowest BCUT2D eigenvalue weighted by Gasteiger charge is -2.32. The molecule has 2 rings (SSSR count). The predicted octanol–water partition coefficient (Wildman–Crippen LogP) is -0.179. The number of carbonyl (C=O) groups excluding carboxylic acids is 2. The second-order valence-corrected chi connectivity index (χ2v) is 4.50. The zero-order valence-electron chi connectivity index (χ0n) is 9.22. The van der Waals surface area contributed by atoms with Crippen LogP contribution in [0.5, 0.6) is 5.75 Å². The van der Waals surface area contributed by atoms with Gasteiger partial charge in [-0.15, -0.1) is 0 Å². The zero-order chi connectivity index (χ0) is 13.3. The molecule has 1 aliphatic rings. The first kappa shape index (κ1) is 12.8. The Bertz CT molecular complexity index is 506. The first-order chi connectivity index (χ1) is 8.54. The van der Waals surface area contributed by atoms with Crippen molar-refractivity contribution in [1.82, 2.24) is 0 Å². The van der Waals surface area contributed by atoms with Crippen molar-refractivity contribution < 1.29 is 19.4 Å². The van der Waals surface area contributed by atoms with E-state index in [0.29, 0.717) is 15.9 Å². The van der Waals surface area contributed by atoms with Gasteiger partial charge in [-0.05, 0) is 18.2 Å². The molecule has 95 valence electrons. The third-order valence-corrected chi connectivity index (χ3v) is 2.92. The molecule has 0 saturated heterocycles. The summed E-state index contributed by atoms with van der Waals surface area (Å²) in [7, 11) is 0. The highest BCUT2D eigenvalue weighted by Crippen LogP contribution is 2.35. The van der Waals surface area contributed by atoms with Crippen molar-refractivity contribution in [2.75, 3.05) is 18.1 Å². The number of benzene rings is 1. The summed E-state index contributed by atoms with van der Waals surface area (Å²) >= 11 is 3.22. The summed E-state index contributed by atoms with van der Waals surface area (Å²) in [4.78, 5) is 24.4. The highest BCUT2D eigenvalue weighted by Gasteiger charge is 2.37. The van der Waals surface area contributed by atoms with Crippen molar-refractivity contribution in [1.29, 1.82) is 0 Å². The van der Waals surface area contributed by atoms with Gasteiger partial charge in [-0.3, -0.25) is 9.59 Å². The van der Waals surface area contributed by atoms with Gasteiger partial charge in [0.1, 0.15) is 5.75 Å². The molecule has 1 heterocycles. The summed E-state index contributed by atoms with van der Waals surface area (Å²) < 4.78 is 5.89. The summed E-state index contributed by atoms with van der Waals surface area (Å²) in [6, 6.07) is 5.99. The largest absolute Gasteiger partial charge is 0.468 e. The maximum Gasteiger partial charge on any atom is 0.278 e. The lowest BCUT2D eigenvalue weighted by atomic mass is 10.1. The molecule has 1 aromatic rings. The molecule has 3 N–H and O–H groups in total. The Kier molecular flexibility index (Phi) is 3.53. The standard InChI is InChI=1S/C11H10BrN2O4/c12-6-1-2-7-8(5-6)18-9(10(13)16)11(17)14(7)3-4-15/h2,5,9,15H,3-4H2,(H2,13,16). The fraction of sp³-hybridized carbons (Fsp3) is 0.273. The molecular formula is C11H10BrN2O4. The van der Waals surface area contributed by atoms with Crippen LogP contribution in [-0.2, 0) is 9.59 Å². The quantitative estimate of drug-likeness (QED) is 0.757. The second kappa shape index (κ2) is 4.95. The lowest BCUT2D eigenvalue weighted by Crippen LogP contribution is -2.52. The van der Waals surface area contributed by atoms with Crippen molar-refractivity contribution in [3.8, 4) is 5.75 Å². The number of β-amino-alcohol motifs (C(OH)–C–C–N with tert-alkyl or cyclic N) is 1.